The summed E-state index contributed by atoms with van der Waals surface area (Å²) in [7, 11) is -4.02. The molecular weight excluding hydrogens is 318 g/mol. The summed E-state index contributed by atoms with van der Waals surface area (Å²) in [6.45, 7) is 2.10. The third-order valence-electron chi connectivity index (χ3n) is 2.92. The highest BCUT2D eigenvalue weighted by molar-refractivity contribution is 7.89. The minimum atomic E-state index is -4.02. The van der Waals surface area contributed by atoms with Gasteiger partial charge in [-0.1, -0.05) is 31.4 Å². The highest BCUT2D eigenvalue weighted by atomic mass is 35.5. The number of unbranched alkanes of at least 4 members (excludes halogenated alkanes) is 1. The molecule has 0 radical (unpaired) electrons. The van der Waals surface area contributed by atoms with E-state index in [1.165, 1.54) is 6.07 Å². The van der Waals surface area contributed by atoms with Gasteiger partial charge in [0.2, 0.25) is 10.0 Å². The molecule has 0 aliphatic rings. The highest BCUT2D eigenvalue weighted by Gasteiger charge is 2.27. The number of nitro groups is 1. The van der Waals surface area contributed by atoms with Gasteiger partial charge in [0.1, 0.15) is 0 Å². The van der Waals surface area contributed by atoms with Crippen LogP contribution in [0.4, 0.5) is 5.69 Å². The van der Waals surface area contributed by atoms with Crippen LogP contribution in [0.25, 0.3) is 0 Å². The number of sulfonamides is 1. The topological polar surface area (TPSA) is 115 Å². The molecule has 0 fully saturated rings. The first-order valence-electron chi connectivity index (χ1n) is 6.48. The van der Waals surface area contributed by atoms with Crippen LogP contribution in [0.3, 0.4) is 0 Å². The molecule has 0 amide bonds. The average Bonchev–Trinajstić information content (AvgIpc) is 2.42. The number of nitro benzene ring substituents is 1. The first-order chi connectivity index (χ1) is 9.81. The van der Waals surface area contributed by atoms with Gasteiger partial charge in [-0.15, -0.1) is 0 Å². The summed E-state index contributed by atoms with van der Waals surface area (Å²) in [6.07, 6.45) is 2.29. The summed E-state index contributed by atoms with van der Waals surface area (Å²) in [5, 5.41) is 11.1. The van der Waals surface area contributed by atoms with Crippen molar-refractivity contribution in [1.29, 1.82) is 0 Å². The molecular formula is C12H18ClN3O4S. The second-order valence-corrected chi connectivity index (χ2v) is 6.68. The van der Waals surface area contributed by atoms with Crippen molar-refractivity contribution in [1.82, 2.24) is 4.72 Å². The van der Waals surface area contributed by atoms with E-state index < -0.39 is 31.6 Å². The van der Waals surface area contributed by atoms with E-state index in [0.717, 1.165) is 25.0 Å². The zero-order valence-electron chi connectivity index (χ0n) is 11.6. The molecule has 21 heavy (non-hydrogen) atoms. The van der Waals surface area contributed by atoms with Gasteiger partial charge in [0, 0.05) is 23.7 Å². The van der Waals surface area contributed by atoms with Crippen molar-refractivity contribution in [3.8, 4) is 0 Å². The van der Waals surface area contributed by atoms with Crippen molar-refractivity contribution in [2.75, 3.05) is 6.54 Å². The summed E-state index contributed by atoms with van der Waals surface area (Å²) < 4.78 is 27.0. The molecule has 1 aromatic carbocycles. The number of halogens is 1. The van der Waals surface area contributed by atoms with E-state index in [1.807, 2.05) is 6.92 Å². The number of nitrogens with zero attached hydrogens (tertiary/aromatic N) is 1. The van der Waals surface area contributed by atoms with E-state index >= 15 is 0 Å². The van der Waals surface area contributed by atoms with E-state index in [1.54, 1.807) is 0 Å². The van der Waals surface area contributed by atoms with Gasteiger partial charge in [0.15, 0.2) is 4.90 Å². The van der Waals surface area contributed by atoms with Crippen LogP contribution in [0.5, 0.6) is 0 Å². The van der Waals surface area contributed by atoms with Gasteiger partial charge < -0.3 is 5.73 Å². The molecule has 0 saturated heterocycles. The molecule has 1 aromatic rings. The number of hydrogen-bond acceptors (Lipinski definition) is 5. The normalized spacial score (nSPS) is 13.1. The molecule has 1 atom stereocenters. The summed E-state index contributed by atoms with van der Waals surface area (Å²) in [4.78, 5) is 9.79. The van der Waals surface area contributed by atoms with Crippen LogP contribution in [0, 0.1) is 10.1 Å². The Morgan fingerprint density at radius 2 is 2.14 bits per heavy atom. The van der Waals surface area contributed by atoms with Crippen LogP contribution in [-0.4, -0.2) is 25.9 Å². The lowest BCUT2D eigenvalue weighted by Gasteiger charge is -2.16. The van der Waals surface area contributed by atoms with Crippen LogP contribution in [-0.2, 0) is 10.0 Å². The summed E-state index contributed by atoms with van der Waals surface area (Å²) in [5.74, 6) is 0. The third kappa shape index (κ3) is 4.92. The zero-order valence-corrected chi connectivity index (χ0v) is 13.2. The Morgan fingerprint density at radius 3 is 2.67 bits per heavy atom. The van der Waals surface area contributed by atoms with E-state index in [4.69, 9.17) is 17.3 Å². The Labute approximate surface area is 128 Å². The maximum atomic E-state index is 12.3. The molecule has 118 valence electrons. The predicted octanol–water partition coefficient (Wildman–Crippen LogP) is 2.04. The number of hydrogen-bond donors (Lipinski definition) is 2. The van der Waals surface area contributed by atoms with E-state index in [-0.39, 0.29) is 11.6 Å². The molecule has 0 saturated carbocycles. The largest absolute Gasteiger partial charge is 0.329 e. The van der Waals surface area contributed by atoms with Gasteiger partial charge in [-0.3, -0.25) is 10.1 Å². The molecule has 1 unspecified atom stereocenters. The Hall–Kier alpha value is -1.22. The Morgan fingerprint density at radius 1 is 1.48 bits per heavy atom. The van der Waals surface area contributed by atoms with Crippen LogP contribution in [0.15, 0.2) is 23.1 Å². The van der Waals surface area contributed by atoms with Crippen molar-refractivity contribution >= 4 is 27.3 Å². The lowest BCUT2D eigenvalue weighted by Crippen LogP contribution is -2.40. The number of nitrogens with one attached hydrogen (secondary N) is 1. The molecule has 7 nitrogen and oxygen atoms in total. The van der Waals surface area contributed by atoms with Gasteiger partial charge in [-0.2, -0.15) is 0 Å². The monoisotopic (exact) mass is 335 g/mol. The number of benzene rings is 1. The predicted molar refractivity (Wildman–Crippen MR) is 80.8 cm³/mol. The fraction of sp³-hybridized carbons (Fsp3) is 0.500. The molecule has 0 aromatic heterocycles. The van der Waals surface area contributed by atoms with Gasteiger partial charge in [-0.05, 0) is 18.6 Å². The molecule has 0 aliphatic carbocycles. The lowest BCUT2D eigenvalue weighted by molar-refractivity contribution is -0.387. The maximum absolute atomic E-state index is 12.3. The van der Waals surface area contributed by atoms with Crippen molar-refractivity contribution in [2.24, 2.45) is 5.73 Å². The highest BCUT2D eigenvalue weighted by Crippen LogP contribution is 2.27. The average molecular weight is 336 g/mol. The van der Waals surface area contributed by atoms with Gasteiger partial charge in [0.05, 0.1) is 4.92 Å². The Balaban J connectivity index is 3.10. The molecule has 0 heterocycles. The number of nitrogens with two attached hydrogens (primary N) is 1. The SMILES string of the molecule is CCCCC(CN)NS(=O)(=O)c1ccc(Cl)cc1[N+](=O)[O-]. The minimum Gasteiger partial charge on any atom is -0.329 e. The molecule has 3 N–H and O–H groups in total. The summed E-state index contributed by atoms with van der Waals surface area (Å²) in [6, 6.07) is 2.98. The zero-order chi connectivity index (χ0) is 16.0. The molecule has 1 rings (SSSR count). The molecule has 9 heteroatoms. The molecule has 0 spiro atoms. The fourth-order valence-corrected chi connectivity index (χ4v) is 3.42. The second kappa shape index (κ2) is 7.69. The standard InChI is InChI=1S/C12H18ClN3O4S/c1-2-3-4-10(8-14)15-21(19,20)12-6-5-9(13)7-11(12)16(17)18/h5-7,10,15H,2-4,8,14H2,1H3. The maximum Gasteiger partial charge on any atom is 0.290 e. The van der Waals surface area contributed by atoms with Gasteiger partial charge >= 0.3 is 0 Å². The Kier molecular flexibility index (Phi) is 6.53. The van der Waals surface area contributed by atoms with E-state index in [9.17, 15) is 18.5 Å². The first-order valence-corrected chi connectivity index (χ1v) is 8.34. The molecule has 0 bridgehead atoms. The van der Waals surface area contributed by atoms with Crippen LogP contribution >= 0.6 is 11.6 Å². The van der Waals surface area contributed by atoms with Crippen molar-refractivity contribution in [3.63, 3.8) is 0 Å². The van der Waals surface area contributed by atoms with Gasteiger partial charge in [-0.25, -0.2) is 13.1 Å². The van der Waals surface area contributed by atoms with Crippen molar-refractivity contribution in [2.45, 2.75) is 37.1 Å². The number of rotatable bonds is 8. The summed E-state index contributed by atoms with van der Waals surface area (Å²) >= 11 is 5.67. The first kappa shape index (κ1) is 17.8. The quantitative estimate of drug-likeness (QED) is 0.557. The van der Waals surface area contributed by atoms with Crippen LogP contribution in [0.2, 0.25) is 5.02 Å². The Bertz CT molecular complexity index is 607. The van der Waals surface area contributed by atoms with Crippen LogP contribution in [0.1, 0.15) is 26.2 Å². The minimum absolute atomic E-state index is 0.0991. The summed E-state index contributed by atoms with van der Waals surface area (Å²) in [5.41, 5.74) is 4.98. The van der Waals surface area contributed by atoms with E-state index in [0.29, 0.717) is 6.42 Å². The molecule has 0 aliphatic heterocycles. The van der Waals surface area contributed by atoms with Crippen LogP contribution < -0.4 is 10.5 Å². The third-order valence-corrected chi connectivity index (χ3v) is 4.72. The lowest BCUT2D eigenvalue weighted by atomic mass is 10.1. The smallest absolute Gasteiger partial charge is 0.290 e. The second-order valence-electron chi connectivity index (χ2n) is 4.57. The van der Waals surface area contributed by atoms with E-state index in [2.05, 4.69) is 4.72 Å². The van der Waals surface area contributed by atoms with Crippen molar-refractivity contribution < 1.29 is 13.3 Å². The van der Waals surface area contributed by atoms with Crippen molar-refractivity contribution in [3.05, 3.63) is 33.3 Å². The van der Waals surface area contributed by atoms with Gasteiger partial charge in [0.25, 0.3) is 5.69 Å². The fourth-order valence-electron chi connectivity index (χ4n) is 1.82.